The van der Waals surface area contributed by atoms with Crippen molar-refractivity contribution in [2.75, 3.05) is 0 Å². The van der Waals surface area contributed by atoms with Crippen LogP contribution in [0.25, 0.3) is 11.1 Å². The van der Waals surface area contributed by atoms with Crippen LogP contribution in [0.15, 0.2) is 133 Å². The summed E-state index contributed by atoms with van der Waals surface area (Å²) in [7, 11) is -3.13. The molecule has 0 aliphatic carbocycles. The number of aliphatic hydroxyl groups excluding tert-OH is 1. The van der Waals surface area contributed by atoms with Crippen LogP contribution in [0.5, 0.6) is 17.2 Å². The van der Waals surface area contributed by atoms with Crippen LogP contribution in [0, 0.1) is 0 Å². The molecule has 0 fully saturated rings. The van der Waals surface area contributed by atoms with Gasteiger partial charge in [-0.1, -0.05) is 117 Å². The van der Waals surface area contributed by atoms with Gasteiger partial charge in [0.05, 0.1) is 17.6 Å². The lowest BCUT2D eigenvalue weighted by Crippen LogP contribution is -2.21. The first-order valence-corrected chi connectivity index (χ1v) is 15.7. The van der Waals surface area contributed by atoms with Crippen LogP contribution < -0.4 is 9.83 Å². The van der Waals surface area contributed by atoms with Crippen LogP contribution in [0.4, 0.5) is 0 Å². The van der Waals surface area contributed by atoms with Gasteiger partial charge in [0.25, 0.3) is 7.37 Å². The lowest BCUT2D eigenvalue weighted by atomic mass is 10.0. The Morgan fingerprint density at radius 3 is 1.57 bits per heavy atom. The minimum Gasteiger partial charge on any atom is -0.508 e. The summed E-state index contributed by atoms with van der Waals surface area (Å²) < 4.78 is 20.1. The van der Waals surface area contributed by atoms with Crippen molar-refractivity contribution in [2.24, 2.45) is 0 Å². The lowest BCUT2D eigenvalue weighted by Gasteiger charge is -2.32. The fraction of sp³-hybridized carbons (Fsp3) is 0.167. The first-order chi connectivity index (χ1) is 20.3. The van der Waals surface area contributed by atoms with Crippen molar-refractivity contribution in [3.05, 3.63) is 145 Å². The second-order valence-electron chi connectivity index (χ2n) is 9.66. The summed E-state index contributed by atoms with van der Waals surface area (Å²) in [5.41, 5.74) is 3.45. The van der Waals surface area contributed by atoms with Gasteiger partial charge in [0.15, 0.2) is 0 Å². The number of benzene rings is 5. The first kappa shape index (κ1) is 32.2. The summed E-state index contributed by atoms with van der Waals surface area (Å²) in [6, 6.07) is 40.5. The second kappa shape index (κ2) is 16.2. The highest BCUT2D eigenvalue weighted by molar-refractivity contribution is 7.68. The van der Waals surface area contributed by atoms with Gasteiger partial charge in [0, 0.05) is 5.56 Å². The zero-order chi connectivity index (χ0) is 30.4. The summed E-state index contributed by atoms with van der Waals surface area (Å²) >= 11 is 0. The number of phenolic OH excluding ortho intramolecular Hbond substituents is 2. The van der Waals surface area contributed by atoms with Crippen LogP contribution in [-0.4, -0.2) is 15.3 Å². The number of para-hydroxylation sites is 3. The van der Waals surface area contributed by atoms with Crippen molar-refractivity contribution in [3.8, 4) is 28.4 Å². The monoisotopic (exact) mass is 582 g/mol. The number of phenols is 2. The molecule has 2 atom stereocenters. The van der Waals surface area contributed by atoms with E-state index >= 15 is 0 Å². The zero-order valence-corrected chi connectivity index (χ0v) is 25.2. The van der Waals surface area contributed by atoms with Gasteiger partial charge in [-0.2, -0.15) is 0 Å². The normalized spacial score (nSPS) is 14.9. The van der Waals surface area contributed by atoms with Crippen LogP contribution in [0.2, 0.25) is 0 Å². The minimum absolute atomic E-state index is 0.000962. The van der Waals surface area contributed by atoms with E-state index in [9.17, 15) is 9.67 Å². The molecule has 3 N–H and O–H groups in total. The van der Waals surface area contributed by atoms with E-state index in [1.165, 1.54) is 6.42 Å². The van der Waals surface area contributed by atoms with E-state index in [0.29, 0.717) is 17.2 Å². The largest absolute Gasteiger partial charge is 0.508 e. The predicted molar refractivity (Wildman–Crippen MR) is 173 cm³/mol. The Bertz CT molecular complexity index is 1500. The summed E-state index contributed by atoms with van der Waals surface area (Å²) in [4.78, 5) is 0. The van der Waals surface area contributed by atoms with Gasteiger partial charge in [-0.15, -0.1) is 0 Å². The number of aliphatic hydroxyl groups is 1. The van der Waals surface area contributed by atoms with E-state index in [0.717, 1.165) is 27.6 Å². The Morgan fingerprint density at radius 2 is 1.10 bits per heavy atom. The van der Waals surface area contributed by atoms with E-state index in [1.807, 2.05) is 91.9 Å². The maximum Gasteiger partial charge on any atom is 0.284 e. The Balaban J connectivity index is 0.000000231. The zero-order valence-electron chi connectivity index (χ0n) is 24.3. The van der Waals surface area contributed by atoms with Crippen LogP contribution in [-0.2, 0) is 11.2 Å². The maximum absolute atomic E-state index is 14.0. The molecule has 0 bridgehead atoms. The molecule has 6 rings (SSSR count). The molecule has 5 aromatic rings. The number of hydrogen-bond acceptors (Lipinski definition) is 5. The van der Waals surface area contributed by atoms with Crippen molar-refractivity contribution in [1.29, 1.82) is 0 Å². The highest BCUT2D eigenvalue weighted by Crippen LogP contribution is 2.63. The van der Waals surface area contributed by atoms with E-state index in [-0.39, 0.29) is 12.3 Å². The molecular weight excluding hydrogens is 543 g/mol. The van der Waals surface area contributed by atoms with Crippen molar-refractivity contribution in [2.45, 2.75) is 39.5 Å². The molecule has 2 unspecified atom stereocenters. The third-order valence-corrected chi connectivity index (χ3v) is 9.17. The van der Waals surface area contributed by atoms with Crippen LogP contribution >= 0.6 is 7.37 Å². The predicted octanol–water partition coefficient (Wildman–Crippen LogP) is 9.10. The summed E-state index contributed by atoms with van der Waals surface area (Å²) in [6.07, 6.45) is 1.25. The molecule has 5 aromatic carbocycles. The SMILES string of the molecule is CC(c1ccc(CO)cc1)P1(=O)Oc2ccccc2-c2ccccc21.CCC.Oc1ccccc1.Oc1ccccc1. The second-order valence-corrected chi connectivity index (χ2v) is 12.3. The molecule has 0 saturated carbocycles. The minimum atomic E-state index is -3.13. The molecule has 0 saturated heterocycles. The Labute approximate surface area is 249 Å². The first-order valence-electron chi connectivity index (χ1n) is 14.0. The molecule has 0 radical (unpaired) electrons. The number of aromatic hydroxyl groups is 2. The molecule has 1 aliphatic rings. The van der Waals surface area contributed by atoms with Crippen LogP contribution in [0.1, 0.15) is 44.0 Å². The fourth-order valence-corrected chi connectivity index (χ4v) is 6.69. The molecule has 1 heterocycles. The van der Waals surface area contributed by atoms with Crippen molar-refractivity contribution in [3.63, 3.8) is 0 Å². The fourth-order valence-electron chi connectivity index (χ4n) is 4.18. The van der Waals surface area contributed by atoms with E-state index < -0.39 is 7.37 Å². The molecule has 218 valence electrons. The Hall–Kier alpha value is -4.31. The number of rotatable bonds is 3. The van der Waals surface area contributed by atoms with Gasteiger partial charge >= 0.3 is 0 Å². The summed E-state index contributed by atoms with van der Waals surface area (Å²) in [5.74, 6) is 1.31. The Kier molecular flexibility index (Phi) is 12.4. The molecule has 0 aromatic heterocycles. The molecule has 42 heavy (non-hydrogen) atoms. The Morgan fingerprint density at radius 1 is 0.643 bits per heavy atom. The molecule has 6 heteroatoms. The quantitative estimate of drug-likeness (QED) is 0.185. The average molecular weight is 583 g/mol. The number of fused-ring (bicyclic) bond motifs is 3. The van der Waals surface area contributed by atoms with Crippen molar-refractivity contribution >= 4 is 12.7 Å². The smallest absolute Gasteiger partial charge is 0.284 e. The van der Waals surface area contributed by atoms with Crippen molar-refractivity contribution < 1.29 is 24.4 Å². The van der Waals surface area contributed by atoms with E-state index in [2.05, 4.69) is 13.8 Å². The van der Waals surface area contributed by atoms with Gasteiger partial charge < -0.3 is 19.8 Å². The standard InChI is InChI=1S/C21H19O3P.2C6H6O.C3H8/c1-15(17-12-10-16(14-22)11-13-17)25(23)21-9-5-3-7-19(21)18-6-2-4-8-20(18)24-25;2*7-6-4-2-1-3-5-6;1-3-2/h2-13,15,22H,14H2,1H3;2*1-5,7H;3H2,1-2H3. The van der Waals surface area contributed by atoms with Crippen LogP contribution in [0.3, 0.4) is 0 Å². The molecule has 1 aliphatic heterocycles. The molecule has 0 spiro atoms. The van der Waals surface area contributed by atoms with Crippen molar-refractivity contribution in [1.82, 2.24) is 0 Å². The third kappa shape index (κ3) is 8.59. The summed E-state index contributed by atoms with van der Waals surface area (Å²) in [6.45, 7) is 6.19. The number of hydrogen-bond donors (Lipinski definition) is 3. The van der Waals surface area contributed by atoms with Gasteiger partial charge in [-0.3, -0.25) is 4.57 Å². The highest BCUT2D eigenvalue weighted by Gasteiger charge is 2.41. The maximum atomic E-state index is 14.0. The molecule has 0 amide bonds. The molecular formula is C36H39O5P. The highest BCUT2D eigenvalue weighted by atomic mass is 31.2. The molecule has 5 nitrogen and oxygen atoms in total. The van der Waals surface area contributed by atoms with E-state index in [4.69, 9.17) is 14.7 Å². The van der Waals surface area contributed by atoms with E-state index in [1.54, 1.807) is 48.5 Å². The average Bonchev–Trinajstić information content (AvgIpc) is 3.03. The topological polar surface area (TPSA) is 87.0 Å². The lowest BCUT2D eigenvalue weighted by molar-refractivity contribution is 0.282. The third-order valence-electron chi connectivity index (χ3n) is 6.32. The van der Waals surface area contributed by atoms with Gasteiger partial charge in [-0.05, 0) is 60.0 Å². The van der Waals surface area contributed by atoms with Gasteiger partial charge in [-0.25, -0.2) is 0 Å². The van der Waals surface area contributed by atoms with Gasteiger partial charge in [0.1, 0.15) is 17.2 Å². The summed E-state index contributed by atoms with van der Waals surface area (Å²) in [5, 5.41) is 27.3. The van der Waals surface area contributed by atoms with Gasteiger partial charge in [0.2, 0.25) is 0 Å².